The van der Waals surface area contributed by atoms with Gasteiger partial charge in [0.2, 0.25) is 0 Å². The van der Waals surface area contributed by atoms with Gasteiger partial charge >= 0.3 is 0 Å². The molecule has 0 atom stereocenters. The van der Waals surface area contributed by atoms with Gasteiger partial charge in [0.25, 0.3) is 0 Å². The molecule has 0 saturated carbocycles. The van der Waals surface area contributed by atoms with Crippen LogP contribution in [0.3, 0.4) is 0 Å². The molecule has 0 bridgehead atoms. The number of unbranched alkanes of at least 4 members (excludes halogenated alkanes) is 4. The lowest BCUT2D eigenvalue weighted by molar-refractivity contribution is 0.305. The van der Waals surface area contributed by atoms with E-state index < -0.39 is 0 Å². The van der Waals surface area contributed by atoms with Gasteiger partial charge in [-0.05, 0) is 30.4 Å². The van der Waals surface area contributed by atoms with Crippen LogP contribution in [0.4, 0.5) is 0 Å². The molecular formula is C16H24O. The van der Waals surface area contributed by atoms with Crippen molar-refractivity contribution in [2.24, 2.45) is 0 Å². The summed E-state index contributed by atoms with van der Waals surface area (Å²) in [6, 6.07) is 10.4. The third-order valence-corrected chi connectivity index (χ3v) is 2.97. The number of aliphatic hydroxyl groups excluding tert-OH is 1. The van der Waals surface area contributed by atoms with Crippen molar-refractivity contribution >= 4 is 5.57 Å². The Morgan fingerprint density at radius 3 is 2.53 bits per heavy atom. The van der Waals surface area contributed by atoms with Crippen molar-refractivity contribution in [3.63, 3.8) is 0 Å². The van der Waals surface area contributed by atoms with Crippen LogP contribution < -0.4 is 0 Å². The van der Waals surface area contributed by atoms with Gasteiger partial charge < -0.3 is 5.11 Å². The van der Waals surface area contributed by atoms with Crippen molar-refractivity contribution in [2.75, 3.05) is 6.61 Å². The van der Waals surface area contributed by atoms with E-state index in [1.807, 2.05) is 6.07 Å². The van der Waals surface area contributed by atoms with Crippen LogP contribution in [0.5, 0.6) is 0 Å². The number of benzene rings is 1. The second kappa shape index (κ2) is 9.00. The first-order valence-corrected chi connectivity index (χ1v) is 6.73. The van der Waals surface area contributed by atoms with Crippen LogP contribution >= 0.6 is 0 Å². The highest BCUT2D eigenvalue weighted by atomic mass is 16.2. The van der Waals surface area contributed by atoms with Crippen molar-refractivity contribution < 1.29 is 5.11 Å². The van der Waals surface area contributed by atoms with Gasteiger partial charge in [-0.25, -0.2) is 0 Å². The summed E-state index contributed by atoms with van der Waals surface area (Å²) in [6.07, 6.45) is 9.37. The number of allylic oxidation sites excluding steroid dienone is 1. The van der Waals surface area contributed by atoms with Crippen LogP contribution in [0.1, 0.15) is 51.0 Å². The van der Waals surface area contributed by atoms with E-state index in [4.69, 9.17) is 5.11 Å². The molecule has 0 spiro atoms. The van der Waals surface area contributed by atoms with Crippen molar-refractivity contribution in [1.82, 2.24) is 0 Å². The maximum absolute atomic E-state index is 9.10. The van der Waals surface area contributed by atoms with Gasteiger partial charge in [0.15, 0.2) is 0 Å². The van der Waals surface area contributed by atoms with Crippen LogP contribution in [0.15, 0.2) is 36.4 Å². The van der Waals surface area contributed by atoms with E-state index in [1.54, 1.807) is 0 Å². The average molecular weight is 232 g/mol. The zero-order valence-corrected chi connectivity index (χ0v) is 10.9. The lowest BCUT2D eigenvalue weighted by Gasteiger charge is -2.06. The first-order chi connectivity index (χ1) is 8.38. The summed E-state index contributed by atoms with van der Waals surface area (Å²) in [5, 5.41) is 9.10. The Kier molecular flexibility index (Phi) is 7.40. The lowest BCUT2D eigenvalue weighted by atomic mass is 10.0. The van der Waals surface area contributed by atoms with E-state index in [2.05, 4.69) is 37.3 Å². The first-order valence-electron chi connectivity index (χ1n) is 6.73. The highest BCUT2D eigenvalue weighted by molar-refractivity contribution is 5.65. The molecule has 0 saturated heterocycles. The molecule has 1 N–H and O–H groups in total. The molecule has 0 heterocycles. The molecule has 1 aromatic carbocycles. The Labute approximate surface area is 105 Å². The van der Waals surface area contributed by atoms with E-state index in [0.717, 1.165) is 12.8 Å². The molecule has 1 aromatic rings. The third kappa shape index (κ3) is 5.69. The fourth-order valence-corrected chi connectivity index (χ4v) is 1.98. The SMILES string of the molecule is CCCCCC/C=C(\CCO)c1ccccc1. The Morgan fingerprint density at radius 2 is 1.88 bits per heavy atom. The van der Waals surface area contributed by atoms with Crippen molar-refractivity contribution in [3.8, 4) is 0 Å². The summed E-state index contributed by atoms with van der Waals surface area (Å²) in [5.41, 5.74) is 2.53. The molecule has 0 aliphatic carbocycles. The topological polar surface area (TPSA) is 20.2 Å². The fraction of sp³-hybridized carbons (Fsp3) is 0.500. The van der Waals surface area contributed by atoms with Gasteiger partial charge in [0, 0.05) is 6.61 Å². The summed E-state index contributed by atoms with van der Waals surface area (Å²) in [5.74, 6) is 0. The predicted octanol–water partition coefficient (Wildman–Crippen LogP) is 4.42. The highest BCUT2D eigenvalue weighted by Gasteiger charge is 1.99. The molecule has 0 radical (unpaired) electrons. The summed E-state index contributed by atoms with van der Waals surface area (Å²) in [7, 11) is 0. The molecule has 0 fully saturated rings. The standard InChI is InChI=1S/C16H24O/c1-2-3-4-5-7-12-16(13-14-17)15-10-8-6-9-11-15/h6,8-12,17H,2-5,7,13-14H2,1H3/b16-12+. The van der Waals surface area contributed by atoms with Crippen molar-refractivity contribution in [3.05, 3.63) is 42.0 Å². The minimum absolute atomic E-state index is 0.232. The molecule has 0 aliphatic rings. The Bertz CT molecular complexity index is 314. The van der Waals surface area contributed by atoms with E-state index >= 15 is 0 Å². The minimum atomic E-state index is 0.232. The zero-order valence-electron chi connectivity index (χ0n) is 10.9. The number of rotatable bonds is 8. The van der Waals surface area contributed by atoms with E-state index in [0.29, 0.717) is 0 Å². The predicted molar refractivity (Wildman–Crippen MR) is 74.9 cm³/mol. The molecule has 94 valence electrons. The molecular weight excluding hydrogens is 208 g/mol. The smallest absolute Gasteiger partial charge is 0.0471 e. The van der Waals surface area contributed by atoms with E-state index in [9.17, 15) is 0 Å². The maximum atomic E-state index is 9.10. The summed E-state index contributed by atoms with van der Waals surface area (Å²) in [6.45, 7) is 2.46. The second-order valence-electron chi connectivity index (χ2n) is 4.42. The van der Waals surface area contributed by atoms with Gasteiger partial charge in [-0.15, -0.1) is 0 Å². The number of hydrogen-bond acceptors (Lipinski definition) is 1. The Balaban J connectivity index is 2.50. The van der Waals surface area contributed by atoms with Gasteiger partial charge in [0.05, 0.1) is 0 Å². The van der Waals surface area contributed by atoms with Gasteiger partial charge in [0.1, 0.15) is 0 Å². The van der Waals surface area contributed by atoms with E-state index in [1.165, 1.54) is 36.8 Å². The molecule has 0 amide bonds. The third-order valence-electron chi connectivity index (χ3n) is 2.97. The quantitative estimate of drug-likeness (QED) is 0.658. The lowest BCUT2D eigenvalue weighted by Crippen LogP contribution is -1.89. The van der Waals surface area contributed by atoms with Crippen LogP contribution in [-0.2, 0) is 0 Å². The van der Waals surface area contributed by atoms with Crippen LogP contribution in [0.25, 0.3) is 5.57 Å². The Morgan fingerprint density at radius 1 is 1.12 bits per heavy atom. The molecule has 1 rings (SSSR count). The molecule has 17 heavy (non-hydrogen) atoms. The fourth-order valence-electron chi connectivity index (χ4n) is 1.98. The van der Waals surface area contributed by atoms with Crippen molar-refractivity contribution in [1.29, 1.82) is 0 Å². The van der Waals surface area contributed by atoms with Gasteiger partial charge in [-0.1, -0.05) is 62.6 Å². The summed E-state index contributed by atoms with van der Waals surface area (Å²) < 4.78 is 0. The number of hydrogen-bond donors (Lipinski definition) is 1. The molecule has 1 heteroatoms. The van der Waals surface area contributed by atoms with E-state index in [-0.39, 0.29) is 6.61 Å². The molecule has 0 aliphatic heterocycles. The summed E-state index contributed by atoms with van der Waals surface area (Å²) in [4.78, 5) is 0. The van der Waals surface area contributed by atoms with Crippen molar-refractivity contribution in [2.45, 2.75) is 45.4 Å². The normalized spacial score (nSPS) is 11.8. The van der Waals surface area contributed by atoms with Gasteiger partial charge in [-0.3, -0.25) is 0 Å². The summed E-state index contributed by atoms with van der Waals surface area (Å²) >= 11 is 0. The highest BCUT2D eigenvalue weighted by Crippen LogP contribution is 2.19. The minimum Gasteiger partial charge on any atom is -0.396 e. The van der Waals surface area contributed by atoms with Gasteiger partial charge in [-0.2, -0.15) is 0 Å². The second-order valence-corrected chi connectivity index (χ2v) is 4.42. The Hall–Kier alpha value is -1.08. The van der Waals surface area contributed by atoms with Crippen LogP contribution in [0.2, 0.25) is 0 Å². The van der Waals surface area contributed by atoms with Crippen LogP contribution in [-0.4, -0.2) is 11.7 Å². The molecule has 0 aromatic heterocycles. The number of aliphatic hydroxyl groups is 1. The zero-order chi connectivity index (χ0) is 12.3. The van der Waals surface area contributed by atoms with Crippen LogP contribution in [0, 0.1) is 0 Å². The molecule has 0 unspecified atom stereocenters. The maximum Gasteiger partial charge on any atom is 0.0471 e. The molecule has 1 nitrogen and oxygen atoms in total. The first kappa shape index (κ1) is 14.0. The average Bonchev–Trinajstić information content (AvgIpc) is 2.38. The monoisotopic (exact) mass is 232 g/mol. The largest absolute Gasteiger partial charge is 0.396 e.